The number of nitrogens with zero attached hydrogens (tertiary/aromatic N) is 2. The van der Waals surface area contributed by atoms with Crippen LogP contribution in [0.25, 0.3) is 6.08 Å². The molecule has 84 valence electrons. The summed E-state index contributed by atoms with van der Waals surface area (Å²) in [4.78, 5) is 6.93. The second-order valence-electron chi connectivity index (χ2n) is 4.65. The second-order valence-corrected chi connectivity index (χ2v) is 5.50. The van der Waals surface area contributed by atoms with E-state index >= 15 is 0 Å². The fourth-order valence-corrected chi connectivity index (χ4v) is 3.03. The van der Waals surface area contributed by atoms with Crippen LogP contribution in [0.1, 0.15) is 25.0 Å². The molecule has 0 spiro atoms. The van der Waals surface area contributed by atoms with Crippen molar-refractivity contribution in [3.63, 3.8) is 0 Å². The molecule has 3 heteroatoms. The number of piperidine rings is 1. The van der Waals surface area contributed by atoms with E-state index in [1.165, 1.54) is 38.0 Å². The van der Waals surface area contributed by atoms with Gasteiger partial charge in [-0.2, -0.15) is 0 Å². The number of pyridine rings is 1. The molecule has 16 heavy (non-hydrogen) atoms. The van der Waals surface area contributed by atoms with Crippen molar-refractivity contribution in [3.05, 3.63) is 34.2 Å². The molecular formula is C13H15BrN2. The summed E-state index contributed by atoms with van der Waals surface area (Å²) in [5.74, 6) is 0.948. The Labute approximate surface area is 104 Å². The third-order valence-electron chi connectivity index (χ3n) is 3.59. The first kappa shape index (κ1) is 10.3. The monoisotopic (exact) mass is 278 g/mol. The van der Waals surface area contributed by atoms with Crippen molar-refractivity contribution in [2.45, 2.75) is 19.3 Å². The van der Waals surface area contributed by atoms with Crippen LogP contribution in [0, 0.1) is 5.92 Å². The molecule has 1 atom stereocenters. The first-order valence-corrected chi connectivity index (χ1v) is 6.68. The van der Waals surface area contributed by atoms with Gasteiger partial charge in [0.25, 0.3) is 0 Å². The maximum atomic E-state index is 4.40. The van der Waals surface area contributed by atoms with E-state index in [9.17, 15) is 0 Å². The summed E-state index contributed by atoms with van der Waals surface area (Å²) in [6, 6.07) is 4.01. The van der Waals surface area contributed by atoms with Crippen molar-refractivity contribution >= 4 is 22.0 Å². The maximum Gasteiger partial charge on any atom is 0.0788 e. The first-order chi connectivity index (χ1) is 7.83. The molecule has 1 aromatic rings. The fourth-order valence-electron chi connectivity index (χ4n) is 2.66. The summed E-state index contributed by atoms with van der Waals surface area (Å²) in [6.07, 6.45) is 8.04. The smallest absolute Gasteiger partial charge is 0.0788 e. The minimum Gasteiger partial charge on any atom is -0.374 e. The van der Waals surface area contributed by atoms with Gasteiger partial charge in [-0.15, -0.1) is 0 Å². The molecule has 3 rings (SSSR count). The van der Waals surface area contributed by atoms with Gasteiger partial charge in [0.05, 0.1) is 5.69 Å². The van der Waals surface area contributed by atoms with Crippen LogP contribution in [0.2, 0.25) is 0 Å². The molecule has 3 heterocycles. The van der Waals surface area contributed by atoms with E-state index in [1.807, 2.05) is 12.3 Å². The van der Waals surface area contributed by atoms with Gasteiger partial charge in [-0.1, -0.05) is 0 Å². The van der Waals surface area contributed by atoms with Gasteiger partial charge in [0.1, 0.15) is 0 Å². The number of rotatable bonds is 1. The fraction of sp³-hybridized carbons (Fsp3) is 0.462. The highest BCUT2D eigenvalue weighted by Gasteiger charge is 2.28. The van der Waals surface area contributed by atoms with Gasteiger partial charge in [0, 0.05) is 29.5 Å². The molecule has 0 saturated carbocycles. The van der Waals surface area contributed by atoms with Gasteiger partial charge in [0.2, 0.25) is 0 Å². The highest BCUT2D eigenvalue weighted by atomic mass is 79.9. The average Bonchev–Trinajstić information content (AvgIpc) is 2.68. The standard InChI is InChI=1S/C13H15BrN2/c14-12-2-1-6-15-13(12)8-11-4-3-10-5-7-16(11)9-10/h1-2,6,8,10H,3-5,7,9H2/b11-8+. The van der Waals surface area contributed by atoms with Gasteiger partial charge < -0.3 is 4.90 Å². The van der Waals surface area contributed by atoms with E-state index in [1.54, 1.807) is 0 Å². The molecule has 1 aromatic heterocycles. The largest absolute Gasteiger partial charge is 0.374 e. The van der Waals surface area contributed by atoms with Crippen LogP contribution in [-0.4, -0.2) is 23.0 Å². The number of hydrogen-bond donors (Lipinski definition) is 0. The first-order valence-electron chi connectivity index (χ1n) is 5.89. The Kier molecular flexibility index (Phi) is 2.72. The summed E-state index contributed by atoms with van der Waals surface area (Å²) in [6.45, 7) is 2.50. The summed E-state index contributed by atoms with van der Waals surface area (Å²) >= 11 is 3.55. The van der Waals surface area contributed by atoms with Crippen LogP contribution < -0.4 is 0 Å². The van der Waals surface area contributed by atoms with Crippen molar-refractivity contribution in [3.8, 4) is 0 Å². The van der Waals surface area contributed by atoms with Gasteiger partial charge in [-0.25, -0.2) is 0 Å². The molecule has 0 aliphatic carbocycles. The van der Waals surface area contributed by atoms with Crippen molar-refractivity contribution in [1.29, 1.82) is 0 Å². The number of hydrogen-bond acceptors (Lipinski definition) is 2. The van der Waals surface area contributed by atoms with Crippen molar-refractivity contribution in [2.24, 2.45) is 5.92 Å². The Morgan fingerprint density at radius 3 is 3.25 bits per heavy atom. The maximum absolute atomic E-state index is 4.40. The quantitative estimate of drug-likeness (QED) is 0.784. The Bertz CT molecular complexity index is 428. The summed E-state index contributed by atoms with van der Waals surface area (Å²) in [5, 5.41) is 0. The second kappa shape index (κ2) is 4.21. The van der Waals surface area contributed by atoms with Gasteiger partial charge in [0.15, 0.2) is 0 Å². The lowest BCUT2D eigenvalue weighted by Crippen LogP contribution is -2.24. The molecule has 2 nitrogen and oxygen atoms in total. The van der Waals surface area contributed by atoms with Gasteiger partial charge in [-0.3, -0.25) is 4.98 Å². The normalized spacial score (nSPS) is 26.4. The Morgan fingerprint density at radius 1 is 1.44 bits per heavy atom. The van der Waals surface area contributed by atoms with Crippen molar-refractivity contribution < 1.29 is 0 Å². The number of fused-ring (bicyclic) bond motifs is 2. The Hall–Kier alpha value is -0.830. The van der Waals surface area contributed by atoms with E-state index in [0.29, 0.717) is 0 Å². The summed E-state index contributed by atoms with van der Waals surface area (Å²) in [5.41, 5.74) is 2.52. The molecule has 1 unspecified atom stereocenters. The topological polar surface area (TPSA) is 16.1 Å². The average molecular weight is 279 g/mol. The zero-order chi connectivity index (χ0) is 11.0. The number of aromatic nitrogens is 1. The Morgan fingerprint density at radius 2 is 2.38 bits per heavy atom. The molecule has 2 aliphatic rings. The lowest BCUT2D eigenvalue weighted by molar-refractivity contribution is 0.338. The highest BCUT2D eigenvalue weighted by Crippen LogP contribution is 2.34. The molecular weight excluding hydrogens is 264 g/mol. The molecule has 2 aliphatic heterocycles. The zero-order valence-electron chi connectivity index (χ0n) is 9.19. The number of halogens is 1. The predicted molar refractivity (Wildman–Crippen MR) is 68.8 cm³/mol. The van der Waals surface area contributed by atoms with Gasteiger partial charge >= 0.3 is 0 Å². The highest BCUT2D eigenvalue weighted by molar-refractivity contribution is 9.10. The van der Waals surface area contributed by atoms with Crippen molar-refractivity contribution in [1.82, 2.24) is 9.88 Å². The Balaban J connectivity index is 1.89. The molecule has 2 fully saturated rings. The van der Waals surface area contributed by atoms with E-state index in [0.717, 1.165) is 16.1 Å². The third kappa shape index (κ3) is 1.88. The lowest BCUT2D eigenvalue weighted by atomic mass is 9.98. The third-order valence-corrected chi connectivity index (χ3v) is 4.26. The summed E-state index contributed by atoms with van der Waals surface area (Å²) in [7, 11) is 0. The van der Waals surface area contributed by atoms with Crippen LogP contribution in [0.15, 0.2) is 28.5 Å². The number of allylic oxidation sites excluding steroid dienone is 1. The zero-order valence-corrected chi connectivity index (χ0v) is 10.8. The molecule has 0 amide bonds. The summed E-state index contributed by atoms with van der Waals surface area (Å²) < 4.78 is 1.09. The molecule has 2 bridgehead atoms. The molecule has 0 aromatic carbocycles. The van der Waals surface area contributed by atoms with Crippen LogP contribution in [0.3, 0.4) is 0 Å². The van der Waals surface area contributed by atoms with Crippen LogP contribution in [-0.2, 0) is 0 Å². The predicted octanol–water partition coefficient (Wildman–Crippen LogP) is 3.30. The molecule has 2 saturated heterocycles. The molecule has 0 N–H and O–H groups in total. The van der Waals surface area contributed by atoms with Crippen LogP contribution in [0.4, 0.5) is 0 Å². The van der Waals surface area contributed by atoms with E-state index in [2.05, 4.69) is 38.0 Å². The van der Waals surface area contributed by atoms with E-state index in [-0.39, 0.29) is 0 Å². The lowest BCUT2D eigenvalue weighted by Gasteiger charge is -2.27. The molecule has 0 radical (unpaired) electrons. The van der Waals surface area contributed by atoms with Crippen LogP contribution in [0.5, 0.6) is 0 Å². The SMILES string of the molecule is Brc1cccnc1/C=C1\CCC2CCN1C2. The van der Waals surface area contributed by atoms with E-state index in [4.69, 9.17) is 0 Å². The minimum absolute atomic E-state index is 0.948. The minimum atomic E-state index is 0.948. The van der Waals surface area contributed by atoms with E-state index < -0.39 is 0 Å². The van der Waals surface area contributed by atoms with Gasteiger partial charge in [-0.05, 0) is 59.3 Å². The van der Waals surface area contributed by atoms with Crippen molar-refractivity contribution in [2.75, 3.05) is 13.1 Å². The van der Waals surface area contributed by atoms with Crippen LogP contribution >= 0.6 is 15.9 Å².